The number of hydrogen-bond donors (Lipinski definition) is 1. The van der Waals surface area contributed by atoms with Crippen LogP contribution in [0.1, 0.15) is 21.8 Å². The second kappa shape index (κ2) is 7.66. The summed E-state index contributed by atoms with van der Waals surface area (Å²) in [5.74, 6) is 0.361. The highest BCUT2D eigenvalue weighted by atomic mass is 32.2. The van der Waals surface area contributed by atoms with Gasteiger partial charge in [-0.15, -0.1) is 0 Å². The van der Waals surface area contributed by atoms with Crippen LogP contribution in [0.25, 0.3) is 0 Å². The molecule has 8 nitrogen and oxygen atoms in total. The molecule has 0 radical (unpaired) electrons. The van der Waals surface area contributed by atoms with Gasteiger partial charge in [-0.05, 0) is 26.0 Å². The van der Waals surface area contributed by atoms with Gasteiger partial charge in [0.15, 0.2) is 5.76 Å². The molecule has 1 aromatic carbocycles. The predicted octanol–water partition coefficient (Wildman–Crippen LogP) is 1.35. The van der Waals surface area contributed by atoms with Gasteiger partial charge >= 0.3 is 0 Å². The van der Waals surface area contributed by atoms with Crippen LogP contribution in [0.3, 0.4) is 0 Å². The molecule has 0 saturated heterocycles. The number of carbonyl (C=O) groups excluding carboxylic acids is 1. The molecule has 136 valence electrons. The number of amides is 1. The van der Waals surface area contributed by atoms with E-state index in [4.69, 9.17) is 9.26 Å². The molecule has 1 N–H and O–H groups in total. The molecular formula is C16H21N3O5S. The molecule has 2 aromatic rings. The third kappa shape index (κ3) is 3.99. The molecule has 0 atom stereocenters. The van der Waals surface area contributed by atoms with E-state index in [9.17, 15) is 13.2 Å². The van der Waals surface area contributed by atoms with E-state index in [0.29, 0.717) is 17.0 Å². The molecule has 1 heterocycles. The molecule has 0 saturated carbocycles. The van der Waals surface area contributed by atoms with Crippen molar-refractivity contribution >= 4 is 15.9 Å². The third-order valence-corrected chi connectivity index (χ3v) is 5.80. The lowest BCUT2D eigenvalue weighted by atomic mass is 10.2. The maximum absolute atomic E-state index is 12.6. The van der Waals surface area contributed by atoms with Crippen LogP contribution < -0.4 is 10.1 Å². The molecule has 25 heavy (non-hydrogen) atoms. The lowest BCUT2D eigenvalue weighted by Gasteiger charge is -2.17. The number of aryl methyl sites for hydroxylation is 2. The summed E-state index contributed by atoms with van der Waals surface area (Å²) in [6.07, 6.45) is 0. The maximum atomic E-state index is 12.6. The number of carbonyl (C=O) groups is 1. The van der Waals surface area contributed by atoms with Crippen LogP contribution in [0.15, 0.2) is 33.7 Å². The van der Waals surface area contributed by atoms with Crippen LogP contribution in [0, 0.1) is 13.8 Å². The molecule has 0 unspecified atom stereocenters. The molecule has 1 aromatic heterocycles. The first kappa shape index (κ1) is 18.9. The Labute approximate surface area is 146 Å². The minimum absolute atomic E-state index is 0.0612. The van der Waals surface area contributed by atoms with E-state index in [2.05, 4.69) is 10.5 Å². The number of sulfonamides is 1. The Morgan fingerprint density at radius 3 is 2.60 bits per heavy atom. The van der Waals surface area contributed by atoms with Crippen LogP contribution in [-0.2, 0) is 10.0 Å². The number of rotatable bonds is 7. The topological polar surface area (TPSA) is 102 Å². The van der Waals surface area contributed by atoms with E-state index in [1.54, 1.807) is 38.1 Å². The second-order valence-electron chi connectivity index (χ2n) is 5.44. The van der Waals surface area contributed by atoms with Crippen molar-refractivity contribution in [1.29, 1.82) is 0 Å². The Bertz CT molecular complexity index is 841. The van der Waals surface area contributed by atoms with Crippen LogP contribution in [-0.4, -0.2) is 51.0 Å². The van der Waals surface area contributed by atoms with Crippen molar-refractivity contribution in [2.75, 3.05) is 27.2 Å². The van der Waals surface area contributed by atoms with Crippen molar-refractivity contribution in [2.45, 2.75) is 18.7 Å². The zero-order chi connectivity index (χ0) is 18.6. The van der Waals surface area contributed by atoms with Gasteiger partial charge in [0.25, 0.3) is 5.91 Å². The minimum Gasteiger partial charge on any atom is -0.496 e. The summed E-state index contributed by atoms with van der Waals surface area (Å²) in [6, 6.07) is 6.81. The summed E-state index contributed by atoms with van der Waals surface area (Å²) in [7, 11) is -0.808. The molecule has 0 bridgehead atoms. The van der Waals surface area contributed by atoms with Gasteiger partial charge in [-0.1, -0.05) is 17.3 Å². The molecule has 2 rings (SSSR count). The monoisotopic (exact) mass is 367 g/mol. The highest BCUT2D eigenvalue weighted by Gasteiger charge is 2.28. The maximum Gasteiger partial charge on any atom is 0.255 e. The summed E-state index contributed by atoms with van der Waals surface area (Å²) in [5, 5.41) is 6.35. The van der Waals surface area contributed by atoms with E-state index < -0.39 is 10.0 Å². The number of nitrogens with one attached hydrogen (secondary N) is 1. The Morgan fingerprint density at radius 1 is 1.32 bits per heavy atom. The average molecular weight is 367 g/mol. The molecule has 9 heteroatoms. The first-order valence-corrected chi connectivity index (χ1v) is 9.03. The number of likely N-dealkylation sites (N-methyl/N-ethyl adjacent to an activating group) is 1. The normalized spacial score (nSPS) is 11.6. The highest BCUT2D eigenvalue weighted by molar-refractivity contribution is 7.89. The zero-order valence-corrected chi connectivity index (χ0v) is 15.4. The summed E-state index contributed by atoms with van der Waals surface area (Å²) >= 11 is 0. The molecule has 0 aliphatic carbocycles. The number of aromatic nitrogens is 1. The third-order valence-electron chi connectivity index (χ3n) is 3.70. The van der Waals surface area contributed by atoms with Gasteiger partial charge in [-0.2, -0.15) is 4.31 Å². The van der Waals surface area contributed by atoms with Gasteiger partial charge in [0.1, 0.15) is 16.3 Å². The summed E-state index contributed by atoms with van der Waals surface area (Å²) < 4.78 is 36.4. The minimum atomic E-state index is -3.73. The zero-order valence-electron chi connectivity index (χ0n) is 14.6. The lowest BCUT2D eigenvalue weighted by Crippen LogP contribution is -2.36. The Morgan fingerprint density at radius 2 is 2.00 bits per heavy atom. The van der Waals surface area contributed by atoms with Crippen molar-refractivity contribution < 1.29 is 22.5 Å². The van der Waals surface area contributed by atoms with Crippen molar-refractivity contribution in [3.63, 3.8) is 0 Å². The van der Waals surface area contributed by atoms with Crippen LogP contribution >= 0.6 is 0 Å². The van der Waals surface area contributed by atoms with Gasteiger partial charge < -0.3 is 14.6 Å². The van der Waals surface area contributed by atoms with E-state index in [1.807, 2.05) is 0 Å². The lowest BCUT2D eigenvalue weighted by molar-refractivity contribution is 0.0949. The van der Waals surface area contributed by atoms with E-state index in [0.717, 1.165) is 4.31 Å². The Hall–Kier alpha value is -2.39. The number of benzene rings is 1. The first-order chi connectivity index (χ1) is 11.8. The quantitative estimate of drug-likeness (QED) is 0.793. The average Bonchev–Trinajstić information content (AvgIpc) is 2.93. The summed E-state index contributed by atoms with van der Waals surface area (Å²) in [5.41, 5.74) is 0.698. The van der Waals surface area contributed by atoms with Gasteiger partial charge in [0, 0.05) is 20.1 Å². The number of nitrogens with zero attached hydrogens (tertiary/aromatic N) is 2. The van der Waals surface area contributed by atoms with Crippen molar-refractivity contribution in [3.05, 3.63) is 41.3 Å². The fourth-order valence-electron chi connectivity index (χ4n) is 2.37. The highest BCUT2D eigenvalue weighted by Crippen LogP contribution is 2.22. The second-order valence-corrected chi connectivity index (χ2v) is 7.42. The van der Waals surface area contributed by atoms with Crippen LogP contribution in [0.5, 0.6) is 5.75 Å². The van der Waals surface area contributed by atoms with Gasteiger partial charge in [-0.25, -0.2) is 8.42 Å². The summed E-state index contributed by atoms with van der Waals surface area (Å²) in [4.78, 5) is 12.3. The van der Waals surface area contributed by atoms with Crippen molar-refractivity contribution in [2.24, 2.45) is 0 Å². The number of hydrogen-bond acceptors (Lipinski definition) is 6. The fourth-order valence-corrected chi connectivity index (χ4v) is 3.83. The molecule has 0 spiro atoms. The summed E-state index contributed by atoms with van der Waals surface area (Å²) in [6.45, 7) is 3.37. The SMILES string of the molecule is COc1ccccc1C(=O)NCCN(C)S(=O)(=O)c1c(C)noc1C. The van der Waals surface area contributed by atoms with Gasteiger partial charge in [0.05, 0.1) is 12.7 Å². The molecule has 0 aliphatic heterocycles. The number of para-hydroxylation sites is 1. The largest absolute Gasteiger partial charge is 0.496 e. The van der Waals surface area contributed by atoms with E-state index >= 15 is 0 Å². The molecule has 0 fully saturated rings. The number of methoxy groups -OCH3 is 1. The first-order valence-electron chi connectivity index (χ1n) is 7.59. The standard InChI is InChI=1S/C16H21N3O5S/c1-11-15(12(2)24-18-11)25(21,22)19(3)10-9-17-16(20)13-7-5-6-8-14(13)23-4/h5-8H,9-10H2,1-4H3,(H,17,20). The smallest absolute Gasteiger partial charge is 0.255 e. The van der Waals surface area contributed by atoms with Crippen LogP contribution in [0.2, 0.25) is 0 Å². The Balaban J connectivity index is 2.01. The van der Waals surface area contributed by atoms with Crippen molar-refractivity contribution in [3.8, 4) is 5.75 Å². The molecule has 0 aliphatic rings. The van der Waals surface area contributed by atoms with Gasteiger partial charge in [0.2, 0.25) is 10.0 Å². The van der Waals surface area contributed by atoms with E-state index in [-0.39, 0.29) is 29.7 Å². The van der Waals surface area contributed by atoms with E-state index in [1.165, 1.54) is 14.2 Å². The van der Waals surface area contributed by atoms with Crippen molar-refractivity contribution in [1.82, 2.24) is 14.8 Å². The molecular weight excluding hydrogens is 346 g/mol. The fraction of sp³-hybridized carbons (Fsp3) is 0.375. The number of ether oxygens (including phenoxy) is 1. The molecule has 1 amide bonds. The van der Waals surface area contributed by atoms with Gasteiger partial charge in [-0.3, -0.25) is 4.79 Å². The predicted molar refractivity (Wildman–Crippen MR) is 91.1 cm³/mol. The van der Waals surface area contributed by atoms with Crippen LogP contribution in [0.4, 0.5) is 0 Å². The Kier molecular flexibility index (Phi) is 5.81.